The molecule has 32 heavy (non-hydrogen) atoms. The Kier molecular flexibility index (Phi) is 5.74. The van der Waals surface area contributed by atoms with Crippen molar-refractivity contribution in [1.82, 2.24) is 29.3 Å². The Morgan fingerprint density at radius 3 is 2.38 bits per heavy atom. The molecular formula is C23H25N8S+. The average molecular weight is 446 g/mol. The van der Waals surface area contributed by atoms with Crippen molar-refractivity contribution in [3.63, 3.8) is 0 Å². The van der Waals surface area contributed by atoms with Crippen LogP contribution in [0.1, 0.15) is 5.56 Å². The first kappa shape index (κ1) is 20.5. The summed E-state index contributed by atoms with van der Waals surface area (Å²) < 4.78 is 4.74. The number of nitrogens with one attached hydrogen (secondary N) is 1. The Bertz CT molecular complexity index is 1240. The molecule has 0 unspecified atom stereocenters. The summed E-state index contributed by atoms with van der Waals surface area (Å²) in [4.78, 5) is 16.6. The maximum absolute atomic E-state index is 5.93. The first-order chi connectivity index (χ1) is 15.7. The topological polar surface area (TPSA) is 69.1 Å². The smallest absolute Gasteiger partial charge is 0.225 e. The van der Waals surface area contributed by atoms with Crippen LogP contribution < -0.4 is 9.80 Å². The summed E-state index contributed by atoms with van der Waals surface area (Å²) in [5.74, 6) is 1.63. The third-order valence-corrected chi connectivity index (χ3v) is 6.21. The van der Waals surface area contributed by atoms with Crippen molar-refractivity contribution < 1.29 is 4.90 Å². The largest absolute Gasteiger partial charge is 0.330 e. The van der Waals surface area contributed by atoms with Gasteiger partial charge < -0.3 is 9.80 Å². The number of aryl methyl sites for hydroxylation is 1. The number of piperazine rings is 1. The molecule has 1 aliphatic heterocycles. The monoisotopic (exact) mass is 445 g/mol. The lowest BCUT2D eigenvalue weighted by Crippen LogP contribution is -3.14. The van der Waals surface area contributed by atoms with E-state index in [1.165, 1.54) is 4.90 Å². The third kappa shape index (κ3) is 4.04. The number of rotatable bonds is 5. The molecule has 3 aromatic heterocycles. The molecule has 1 aliphatic rings. The van der Waals surface area contributed by atoms with Crippen LogP contribution in [0.2, 0.25) is 0 Å². The Labute approximate surface area is 191 Å². The van der Waals surface area contributed by atoms with Gasteiger partial charge in [-0.25, -0.2) is 9.97 Å². The first-order valence-corrected chi connectivity index (χ1v) is 11.1. The molecule has 9 heteroatoms. The van der Waals surface area contributed by atoms with Crippen LogP contribution in [-0.2, 0) is 6.67 Å². The fourth-order valence-corrected chi connectivity index (χ4v) is 4.37. The molecule has 0 amide bonds. The van der Waals surface area contributed by atoms with Crippen LogP contribution in [0.3, 0.4) is 0 Å². The molecule has 0 bridgehead atoms. The zero-order valence-electron chi connectivity index (χ0n) is 17.9. The Morgan fingerprint density at radius 1 is 0.938 bits per heavy atom. The normalized spacial score (nSPS) is 14.6. The van der Waals surface area contributed by atoms with Gasteiger partial charge in [0.1, 0.15) is 0 Å². The Hall–Kier alpha value is -3.43. The highest BCUT2D eigenvalue weighted by atomic mass is 32.1. The number of para-hydroxylation sites is 1. The zero-order valence-corrected chi connectivity index (χ0v) is 18.7. The van der Waals surface area contributed by atoms with Crippen LogP contribution in [0.5, 0.6) is 0 Å². The SMILES string of the molecule is Cc1ccccc1-n1c(-c2ccncc2)nn(C[NH+]2CCN(c3ncccn3)CC2)c1=S. The Balaban J connectivity index is 1.43. The van der Waals surface area contributed by atoms with E-state index in [9.17, 15) is 0 Å². The molecule has 0 atom stereocenters. The number of hydrogen-bond donors (Lipinski definition) is 1. The third-order valence-electron chi connectivity index (χ3n) is 5.81. The molecule has 0 spiro atoms. The number of benzene rings is 1. The molecular weight excluding hydrogens is 420 g/mol. The van der Waals surface area contributed by atoms with Crippen molar-refractivity contribution in [2.75, 3.05) is 31.1 Å². The van der Waals surface area contributed by atoms with Crippen LogP contribution in [0.25, 0.3) is 17.1 Å². The van der Waals surface area contributed by atoms with Gasteiger partial charge in [0.2, 0.25) is 10.7 Å². The summed E-state index contributed by atoms with van der Waals surface area (Å²) in [5.41, 5.74) is 3.20. The van der Waals surface area contributed by atoms with Crippen molar-refractivity contribution in [2.45, 2.75) is 13.6 Å². The van der Waals surface area contributed by atoms with Crippen LogP contribution >= 0.6 is 12.2 Å². The van der Waals surface area contributed by atoms with E-state index in [4.69, 9.17) is 17.3 Å². The molecule has 1 aromatic carbocycles. The van der Waals surface area contributed by atoms with Gasteiger partial charge in [-0.05, 0) is 49.0 Å². The minimum absolute atomic E-state index is 0.701. The Morgan fingerprint density at radius 2 is 1.66 bits per heavy atom. The number of pyridine rings is 1. The lowest BCUT2D eigenvalue weighted by atomic mass is 10.2. The summed E-state index contributed by atoms with van der Waals surface area (Å²) in [5, 5.41) is 4.96. The van der Waals surface area contributed by atoms with E-state index in [2.05, 4.69) is 43.5 Å². The fourth-order valence-electron chi connectivity index (χ4n) is 4.08. The number of hydrogen-bond acceptors (Lipinski definition) is 6. The van der Waals surface area contributed by atoms with Gasteiger partial charge in [0.25, 0.3) is 0 Å². The standard InChI is InChI=1S/C23H24N8S/c1-18-5-2-3-6-20(18)31-21(19-7-11-24-12-8-19)27-30(23(31)32)17-28-13-15-29(16-14-28)22-25-9-4-10-26-22/h2-12H,13-17H2,1H3/p+1. The highest BCUT2D eigenvalue weighted by molar-refractivity contribution is 7.71. The second-order valence-electron chi connectivity index (χ2n) is 7.91. The van der Waals surface area contributed by atoms with Crippen LogP contribution in [-0.4, -0.2) is 55.5 Å². The van der Waals surface area contributed by atoms with E-state index in [-0.39, 0.29) is 0 Å². The second-order valence-corrected chi connectivity index (χ2v) is 8.27. The van der Waals surface area contributed by atoms with Gasteiger partial charge in [-0.3, -0.25) is 9.55 Å². The van der Waals surface area contributed by atoms with Crippen LogP contribution in [0, 0.1) is 11.7 Å². The van der Waals surface area contributed by atoms with Gasteiger partial charge in [-0.15, -0.1) is 5.10 Å². The quantitative estimate of drug-likeness (QED) is 0.474. The van der Waals surface area contributed by atoms with Crippen molar-refractivity contribution in [1.29, 1.82) is 0 Å². The van der Waals surface area contributed by atoms with E-state index in [0.29, 0.717) is 4.77 Å². The van der Waals surface area contributed by atoms with Crippen LogP contribution in [0.4, 0.5) is 5.95 Å². The predicted octanol–water partition coefficient (Wildman–Crippen LogP) is 1.93. The predicted molar refractivity (Wildman–Crippen MR) is 125 cm³/mol. The average Bonchev–Trinajstić information content (AvgIpc) is 3.17. The molecule has 1 saturated heterocycles. The van der Waals surface area contributed by atoms with E-state index in [1.54, 1.807) is 24.8 Å². The number of nitrogens with zero attached hydrogens (tertiary/aromatic N) is 7. The van der Waals surface area contributed by atoms with Crippen molar-refractivity contribution in [3.05, 3.63) is 77.6 Å². The number of quaternary nitrogens is 1. The summed E-state index contributed by atoms with van der Waals surface area (Å²) in [6.45, 7) is 6.58. The first-order valence-electron chi connectivity index (χ1n) is 10.7. The van der Waals surface area contributed by atoms with Gasteiger partial charge in [0, 0.05) is 30.4 Å². The van der Waals surface area contributed by atoms with Gasteiger partial charge in [0.05, 0.1) is 31.9 Å². The van der Waals surface area contributed by atoms with E-state index >= 15 is 0 Å². The lowest BCUT2D eigenvalue weighted by Gasteiger charge is -2.31. The van der Waals surface area contributed by atoms with Gasteiger partial charge in [-0.1, -0.05) is 18.2 Å². The zero-order chi connectivity index (χ0) is 21.9. The second kappa shape index (κ2) is 8.97. The van der Waals surface area contributed by atoms with E-state index in [1.807, 2.05) is 35.0 Å². The molecule has 4 aromatic rings. The summed E-state index contributed by atoms with van der Waals surface area (Å²) in [6, 6.07) is 14.1. The minimum Gasteiger partial charge on any atom is -0.330 e. The molecule has 0 radical (unpaired) electrons. The van der Waals surface area contributed by atoms with Crippen molar-refractivity contribution >= 4 is 18.2 Å². The highest BCUT2D eigenvalue weighted by Crippen LogP contribution is 2.24. The molecule has 0 saturated carbocycles. The summed E-state index contributed by atoms with van der Waals surface area (Å²) in [7, 11) is 0. The summed E-state index contributed by atoms with van der Waals surface area (Å²) >= 11 is 5.93. The highest BCUT2D eigenvalue weighted by Gasteiger charge is 2.24. The van der Waals surface area contributed by atoms with Crippen molar-refractivity contribution in [3.8, 4) is 17.1 Å². The molecule has 8 nitrogen and oxygen atoms in total. The van der Waals surface area contributed by atoms with Gasteiger partial charge in [0.15, 0.2) is 12.5 Å². The molecule has 5 rings (SSSR count). The van der Waals surface area contributed by atoms with Crippen molar-refractivity contribution in [2.24, 2.45) is 0 Å². The molecule has 162 valence electrons. The lowest BCUT2D eigenvalue weighted by molar-refractivity contribution is -0.924. The fraction of sp³-hybridized carbons (Fsp3) is 0.261. The van der Waals surface area contributed by atoms with E-state index < -0.39 is 0 Å². The molecule has 4 heterocycles. The number of aromatic nitrogens is 6. The molecule has 1 fully saturated rings. The van der Waals surface area contributed by atoms with Gasteiger partial charge >= 0.3 is 0 Å². The van der Waals surface area contributed by atoms with E-state index in [0.717, 1.165) is 61.4 Å². The van der Waals surface area contributed by atoms with Crippen LogP contribution in [0.15, 0.2) is 67.3 Å². The molecule has 1 N–H and O–H groups in total. The maximum atomic E-state index is 5.93. The number of anilines is 1. The van der Waals surface area contributed by atoms with Gasteiger partial charge in [-0.2, -0.15) is 4.68 Å². The minimum atomic E-state index is 0.701. The summed E-state index contributed by atoms with van der Waals surface area (Å²) in [6.07, 6.45) is 7.16. The molecule has 0 aliphatic carbocycles. The maximum Gasteiger partial charge on any atom is 0.225 e.